The van der Waals surface area contributed by atoms with Gasteiger partial charge in [-0.2, -0.15) is 0 Å². The van der Waals surface area contributed by atoms with Crippen LogP contribution < -0.4 is 9.30 Å². The summed E-state index contributed by atoms with van der Waals surface area (Å²) in [7, 11) is 2.02. The van der Waals surface area contributed by atoms with Crippen LogP contribution in [0, 0.1) is 17.8 Å². The van der Waals surface area contributed by atoms with Crippen LogP contribution >= 0.6 is 0 Å². The minimum atomic E-state index is -0.169. The van der Waals surface area contributed by atoms with Gasteiger partial charge in [0, 0.05) is 0 Å². The topological polar surface area (TPSA) is 44.3 Å². The highest BCUT2D eigenvalue weighted by Gasteiger charge is 2.34. The third-order valence-corrected chi connectivity index (χ3v) is 6.88. The van der Waals surface area contributed by atoms with Gasteiger partial charge in [-0.3, -0.25) is 0 Å². The zero-order valence-corrected chi connectivity index (χ0v) is 19.7. The van der Waals surface area contributed by atoms with Gasteiger partial charge in [0.05, 0.1) is 7.05 Å². The number of aryl methyl sites for hydroxylation is 1. The van der Waals surface area contributed by atoms with E-state index >= 15 is 0 Å². The van der Waals surface area contributed by atoms with Crippen LogP contribution in [0.15, 0.2) is 54.6 Å². The van der Waals surface area contributed by atoms with Crippen molar-refractivity contribution in [2.24, 2.45) is 24.8 Å². The Labute approximate surface area is 191 Å². The van der Waals surface area contributed by atoms with Crippen molar-refractivity contribution >= 4 is 17.0 Å². The Morgan fingerprint density at radius 1 is 1.09 bits per heavy atom. The lowest BCUT2D eigenvalue weighted by atomic mass is 9.75. The first-order chi connectivity index (χ1) is 15.4. The number of ether oxygens (including phenoxy) is 2. The normalized spacial score (nSPS) is 21.1. The molecule has 5 nitrogen and oxygen atoms in total. The maximum atomic E-state index is 13.1. The van der Waals surface area contributed by atoms with Crippen molar-refractivity contribution in [2.45, 2.75) is 59.3 Å². The van der Waals surface area contributed by atoms with E-state index in [0.717, 1.165) is 35.4 Å². The van der Waals surface area contributed by atoms with Crippen molar-refractivity contribution < 1.29 is 18.8 Å². The molecule has 0 radical (unpaired) electrons. The summed E-state index contributed by atoms with van der Waals surface area (Å²) in [6.07, 6.45) is 3.31. The van der Waals surface area contributed by atoms with Crippen molar-refractivity contribution in [3.05, 3.63) is 60.4 Å². The molecule has 0 bridgehead atoms. The standard InChI is InChI=1S/C27H35N2O3/c1-19(2)22-15-14-20(3)16-25(22)32-27(30)17-29-24-13-9-8-12-23(24)28(4)26(29)18-31-21-10-6-5-7-11-21/h5-13,19-20,22,25H,14-18H2,1-4H3/q+1/t20-,22-,25-/m0/s1. The molecule has 3 aromatic rings. The molecule has 3 atom stereocenters. The first-order valence-electron chi connectivity index (χ1n) is 11.8. The van der Waals surface area contributed by atoms with Crippen LogP contribution in [-0.2, 0) is 29.7 Å². The minimum absolute atomic E-state index is 0.00541. The predicted molar refractivity (Wildman–Crippen MR) is 125 cm³/mol. The average molecular weight is 436 g/mol. The number of rotatable bonds is 7. The fourth-order valence-electron chi connectivity index (χ4n) is 5.04. The quantitative estimate of drug-likeness (QED) is 0.385. The summed E-state index contributed by atoms with van der Waals surface area (Å²) >= 11 is 0. The van der Waals surface area contributed by atoms with E-state index in [9.17, 15) is 4.79 Å². The Morgan fingerprint density at radius 3 is 2.56 bits per heavy atom. The Bertz CT molecular complexity index is 1060. The molecule has 170 valence electrons. The third kappa shape index (κ3) is 4.82. The van der Waals surface area contributed by atoms with E-state index in [1.54, 1.807) is 0 Å². The molecular weight excluding hydrogens is 400 g/mol. The second-order valence-electron chi connectivity index (χ2n) is 9.51. The highest BCUT2D eigenvalue weighted by Crippen LogP contribution is 2.35. The van der Waals surface area contributed by atoms with E-state index in [4.69, 9.17) is 9.47 Å². The van der Waals surface area contributed by atoms with Crippen molar-refractivity contribution in [1.82, 2.24) is 4.57 Å². The van der Waals surface area contributed by atoms with Crippen LogP contribution in [0.3, 0.4) is 0 Å². The fraction of sp³-hybridized carbons (Fsp3) is 0.481. The number of aromatic nitrogens is 2. The first kappa shape index (κ1) is 22.4. The number of esters is 1. The number of hydrogen-bond donors (Lipinski definition) is 0. The molecule has 0 amide bonds. The number of para-hydroxylation sites is 3. The van der Waals surface area contributed by atoms with Crippen molar-refractivity contribution in [2.75, 3.05) is 0 Å². The van der Waals surface area contributed by atoms with Gasteiger partial charge in [0.1, 0.15) is 11.9 Å². The molecule has 1 fully saturated rings. The molecule has 0 spiro atoms. The van der Waals surface area contributed by atoms with E-state index in [2.05, 4.69) is 31.4 Å². The second kappa shape index (κ2) is 9.76. The lowest BCUT2D eigenvalue weighted by Gasteiger charge is -2.36. The van der Waals surface area contributed by atoms with Gasteiger partial charge in [-0.15, -0.1) is 0 Å². The Kier molecular flexibility index (Phi) is 6.83. The number of benzene rings is 2. The van der Waals surface area contributed by atoms with Crippen molar-refractivity contribution in [3.63, 3.8) is 0 Å². The number of nitrogens with zero attached hydrogens (tertiary/aromatic N) is 2. The summed E-state index contributed by atoms with van der Waals surface area (Å²) in [4.78, 5) is 13.1. The lowest BCUT2D eigenvalue weighted by Crippen LogP contribution is -2.37. The van der Waals surface area contributed by atoms with E-state index < -0.39 is 0 Å². The van der Waals surface area contributed by atoms with Gasteiger partial charge in [-0.25, -0.2) is 13.9 Å². The summed E-state index contributed by atoms with van der Waals surface area (Å²) < 4.78 is 16.3. The molecule has 0 aliphatic heterocycles. The predicted octanol–water partition coefficient (Wildman–Crippen LogP) is 5.05. The molecule has 4 rings (SSSR count). The van der Waals surface area contributed by atoms with Crippen LogP contribution in [0.4, 0.5) is 0 Å². The summed E-state index contributed by atoms with van der Waals surface area (Å²) in [5.41, 5.74) is 2.08. The zero-order valence-electron chi connectivity index (χ0n) is 19.7. The van der Waals surface area contributed by atoms with Gasteiger partial charge >= 0.3 is 5.97 Å². The largest absolute Gasteiger partial charge is 0.481 e. The summed E-state index contributed by atoms with van der Waals surface area (Å²) in [5, 5.41) is 0. The molecule has 0 saturated heterocycles. The summed E-state index contributed by atoms with van der Waals surface area (Å²) in [6.45, 7) is 7.29. The molecule has 2 aromatic carbocycles. The molecule has 1 aliphatic rings. The van der Waals surface area contributed by atoms with Crippen molar-refractivity contribution in [1.29, 1.82) is 0 Å². The fourth-order valence-corrected chi connectivity index (χ4v) is 5.04. The highest BCUT2D eigenvalue weighted by molar-refractivity contribution is 5.76. The molecular formula is C27H35N2O3+. The monoisotopic (exact) mass is 435 g/mol. The Morgan fingerprint density at radius 2 is 1.81 bits per heavy atom. The first-order valence-corrected chi connectivity index (χ1v) is 11.8. The SMILES string of the molecule is CC(C)[C@@H]1CC[C@H](C)C[C@@H]1OC(=O)Cn1c(COc2ccccc2)[n+](C)c2ccccc21. The second-order valence-corrected chi connectivity index (χ2v) is 9.51. The van der Waals surface area contributed by atoms with Gasteiger partial charge < -0.3 is 9.47 Å². The molecule has 5 heteroatoms. The van der Waals surface area contributed by atoms with Crippen LogP contribution in [0.2, 0.25) is 0 Å². The van der Waals surface area contributed by atoms with E-state index in [0.29, 0.717) is 24.4 Å². The lowest BCUT2D eigenvalue weighted by molar-refractivity contribution is -0.655. The average Bonchev–Trinajstić information content (AvgIpc) is 3.04. The van der Waals surface area contributed by atoms with Crippen LogP contribution in [0.25, 0.3) is 11.0 Å². The maximum absolute atomic E-state index is 13.1. The number of carbonyl (C=O) groups excluding carboxylic acids is 1. The van der Waals surface area contributed by atoms with Crippen LogP contribution in [-0.4, -0.2) is 16.6 Å². The summed E-state index contributed by atoms with van der Waals surface area (Å²) in [5.74, 6) is 3.13. The molecule has 0 N–H and O–H groups in total. The minimum Gasteiger partial charge on any atom is -0.481 e. The Hall–Kier alpha value is -2.82. The number of carbonyl (C=O) groups is 1. The number of hydrogen-bond acceptors (Lipinski definition) is 3. The molecule has 0 unspecified atom stereocenters. The summed E-state index contributed by atoms with van der Waals surface area (Å²) in [6, 6.07) is 17.9. The van der Waals surface area contributed by atoms with Gasteiger partial charge in [0.15, 0.2) is 24.2 Å². The molecule has 32 heavy (non-hydrogen) atoms. The van der Waals surface area contributed by atoms with Crippen molar-refractivity contribution in [3.8, 4) is 5.75 Å². The van der Waals surface area contributed by atoms with E-state index in [-0.39, 0.29) is 18.6 Å². The Balaban J connectivity index is 1.56. The zero-order chi connectivity index (χ0) is 22.7. The van der Waals surface area contributed by atoms with Crippen LogP contribution in [0.5, 0.6) is 5.75 Å². The third-order valence-electron chi connectivity index (χ3n) is 6.88. The molecule has 1 aromatic heterocycles. The molecule has 1 aliphatic carbocycles. The van der Waals surface area contributed by atoms with E-state index in [1.165, 1.54) is 6.42 Å². The number of fused-ring (bicyclic) bond motifs is 1. The molecule has 1 heterocycles. The highest BCUT2D eigenvalue weighted by atomic mass is 16.5. The van der Waals surface area contributed by atoms with Crippen LogP contribution in [0.1, 0.15) is 45.9 Å². The maximum Gasteiger partial charge on any atom is 0.348 e. The van der Waals surface area contributed by atoms with Gasteiger partial charge in [0.2, 0.25) is 0 Å². The van der Waals surface area contributed by atoms with Gasteiger partial charge in [-0.1, -0.05) is 57.5 Å². The number of imidazole rings is 1. The molecule has 1 saturated carbocycles. The van der Waals surface area contributed by atoms with Gasteiger partial charge in [0.25, 0.3) is 5.82 Å². The van der Waals surface area contributed by atoms with Gasteiger partial charge in [-0.05, 0) is 54.9 Å². The smallest absolute Gasteiger partial charge is 0.348 e. The van der Waals surface area contributed by atoms with E-state index in [1.807, 2.05) is 60.1 Å².